The van der Waals surface area contributed by atoms with Crippen molar-refractivity contribution in [2.24, 2.45) is 23.2 Å². The summed E-state index contributed by atoms with van der Waals surface area (Å²) < 4.78 is 0. The summed E-state index contributed by atoms with van der Waals surface area (Å²) in [5.41, 5.74) is 0.513. The number of hydrogen-bond acceptors (Lipinski definition) is 0. The van der Waals surface area contributed by atoms with Crippen molar-refractivity contribution in [3.05, 3.63) is 0 Å². The Morgan fingerprint density at radius 2 is 1.53 bits per heavy atom. The smallest absolute Gasteiger partial charge is 0.0326 e. The molecule has 17 heavy (non-hydrogen) atoms. The molecule has 0 bridgehead atoms. The zero-order valence-corrected chi connectivity index (χ0v) is 13.5. The van der Waals surface area contributed by atoms with Gasteiger partial charge in [-0.25, -0.2) is 0 Å². The molecule has 0 aliphatic heterocycles. The second-order valence-corrected chi connectivity index (χ2v) is 6.72. The topological polar surface area (TPSA) is 0 Å². The number of unbranched alkanes of at least 4 members (excludes halogenated alkanes) is 1. The molecule has 0 aromatic rings. The highest BCUT2D eigenvalue weighted by molar-refractivity contribution is 4.82. The lowest BCUT2D eigenvalue weighted by Gasteiger charge is -2.40. The van der Waals surface area contributed by atoms with Crippen molar-refractivity contribution in [3.63, 3.8) is 0 Å². The first-order valence-electron chi connectivity index (χ1n) is 7.90. The van der Waals surface area contributed by atoms with Gasteiger partial charge >= 0.3 is 0 Å². The number of hydrogen-bond donors (Lipinski definition) is 0. The van der Waals surface area contributed by atoms with Crippen LogP contribution in [-0.4, -0.2) is 0 Å². The fraction of sp³-hybridized carbons (Fsp3) is 1.00. The molecule has 0 nitrogen and oxygen atoms in total. The van der Waals surface area contributed by atoms with Gasteiger partial charge in [0.15, 0.2) is 0 Å². The lowest BCUT2D eigenvalue weighted by molar-refractivity contribution is 0.0978. The Kier molecular flexibility index (Phi) is 8.16. The van der Waals surface area contributed by atoms with Crippen LogP contribution in [0.1, 0.15) is 87.0 Å². The van der Waals surface area contributed by atoms with E-state index in [0.29, 0.717) is 5.41 Å². The maximum absolute atomic E-state index is 2.50. The third-order valence-corrected chi connectivity index (χ3v) is 5.00. The molecular formula is C17H36. The minimum atomic E-state index is 0.513. The van der Waals surface area contributed by atoms with Gasteiger partial charge in [0.05, 0.1) is 0 Å². The average molecular weight is 240 g/mol. The highest BCUT2D eigenvalue weighted by Crippen LogP contribution is 2.41. The normalized spacial score (nSPS) is 17.8. The summed E-state index contributed by atoms with van der Waals surface area (Å²) in [6.45, 7) is 16.9. The maximum Gasteiger partial charge on any atom is -0.0326 e. The molecule has 3 unspecified atom stereocenters. The molecule has 104 valence electrons. The second kappa shape index (κ2) is 8.16. The van der Waals surface area contributed by atoms with Gasteiger partial charge in [-0.2, -0.15) is 0 Å². The van der Waals surface area contributed by atoms with E-state index in [1.165, 1.54) is 38.5 Å². The lowest BCUT2D eigenvalue weighted by Crippen LogP contribution is -2.31. The van der Waals surface area contributed by atoms with Crippen molar-refractivity contribution in [2.45, 2.75) is 87.0 Å². The first-order chi connectivity index (χ1) is 7.90. The third kappa shape index (κ3) is 5.44. The standard InChI is InChI=1S/C17H36/c1-8-11-13-17(6,7)15(5)16(10-3)14(4)12-9-2/h14-16H,8-13H2,1-7H3. The van der Waals surface area contributed by atoms with Gasteiger partial charge in [0.25, 0.3) is 0 Å². The third-order valence-electron chi connectivity index (χ3n) is 5.00. The van der Waals surface area contributed by atoms with Crippen molar-refractivity contribution in [3.8, 4) is 0 Å². The average Bonchev–Trinajstić information content (AvgIpc) is 2.27. The minimum absolute atomic E-state index is 0.513. The van der Waals surface area contributed by atoms with Crippen molar-refractivity contribution < 1.29 is 0 Å². The van der Waals surface area contributed by atoms with Gasteiger partial charge in [-0.15, -0.1) is 0 Å². The second-order valence-electron chi connectivity index (χ2n) is 6.72. The van der Waals surface area contributed by atoms with Gasteiger partial charge in [0.1, 0.15) is 0 Å². The van der Waals surface area contributed by atoms with Gasteiger partial charge in [-0.1, -0.05) is 80.6 Å². The Hall–Kier alpha value is 0. The molecular weight excluding hydrogens is 204 g/mol. The Bertz CT molecular complexity index is 180. The summed E-state index contributed by atoms with van der Waals surface area (Å²) in [5.74, 6) is 2.64. The van der Waals surface area contributed by atoms with Gasteiger partial charge < -0.3 is 0 Å². The van der Waals surface area contributed by atoms with Crippen LogP contribution >= 0.6 is 0 Å². The summed E-state index contributed by atoms with van der Waals surface area (Å²) >= 11 is 0. The first kappa shape index (κ1) is 17.0. The lowest BCUT2D eigenvalue weighted by atomic mass is 9.65. The first-order valence-corrected chi connectivity index (χ1v) is 7.90. The van der Waals surface area contributed by atoms with E-state index in [4.69, 9.17) is 0 Å². The van der Waals surface area contributed by atoms with Crippen LogP contribution in [0.2, 0.25) is 0 Å². The molecule has 0 radical (unpaired) electrons. The SMILES string of the molecule is CCCCC(C)(C)C(C)C(CC)C(C)CCC. The molecule has 0 saturated heterocycles. The van der Waals surface area contributed by atoms with Gasteiger partial charge in [0, 0.05) is 0 Å². The Morgan fingerprint density at radius 3 is 1.94 bits per heavy atom. The molecule has 0 fully saturated rings. The zero-order chi connectivity index (χ0) is 13.5. The molecule has 0 heterocycles. The van der Waals surface area contributed by atoms with Crippen molar-refractivity contribution >= 4 is 0 Å². The Balaban J connectivity index is 4.54. The van der Waals surface area contributed by atoms with E-state index in [1.807, 2.05) is 0 Å². The largest absolute Gasteiger partial charge is 0.0654 e. The summed E-state index contributed by atoms with van der Waals surface area (Å²) in [5, 5.41) is 0. The van der Waals surface area contributed by atoms with Crippen molar-refractivity contribution in [2.75, 3.05) is 0 Å². The molecule has 0 saturated carbocycles. The van der Waals surface area contributed by atoms with Crippen LogP contribution in [0.15, 0.2) is 0 Å². The monoisotopic (exact) mass is 240 g/mol. The van der Waals surface area contributed by atoms with E-state index >= 15 is 0 Å². The zero-order valence-electron chi connectivity index (χ0n) is 13.5. The van der Waals surface area contributed by atoms with E-state index < -0.39 is 0 Å². The quantitative estimate of drug-likeness (QED) is 0.443. The van der Waals surface area contributed by atoms with Crippen LogP contribution in [0.3, 0.4) is 0 Å². The van der Waals surface area contributed by atoms with Gasteiger partial charge in [-0.05, 0) is 29.6 Å². The highest BCUT2D eigenvalue weighted by atomic mass is 14.4. The van der Waals surface area contributed by atoms with Crippen LogP contribution < -0.4 is 0 Å². The van der Waals surface area contributed by atoms with E-state index in [2.05, 4.69) is 48.5 Å². The molecule has 0 aromatic carbocycles. The molecule has 0 aliphatic carbocycles. The molecule has 0 aliphatic rings. The minimum Gasteiger partial charge on any atom is -0.0654 e. The van der Waals surface area contributed by atoms with E-state index in [1.54, 1.807) is 0 Å². The summed E-state index contributed by atoms with van der Waals surface area (Å²) in [6.07, 6.45) is 8.18. The van der Waals surface area contributed by atoms with Crippen LogP contribution in [0.25, 0.3) is 0 Å². The molecule has 0 heteroatoms. The predicted molar refractivity (Wildman–Crippen MR) is 80.3 cm³/mol. The fourth-order valence-electron chi connectivity index (χ4n) is 3.36. The molecule has 0 aromatic heterocycles. The summed E-state index contributed by atoms with van der Waals surface area (Å²) in [4.78, 5) is 0. The maximum atomic E-state index is 2.50. The molecule has 3 atom stereocenters. The van der Waals surface area contributed by atoms with Gasteiger partial charge in [0.2, 0.25) is 0 Å². The Morgan fingerprint density at radius 1 is 0.941 bits per heavy atom. The molecule has 0 N–H and O–H groups in total. The molecule has 0 spiro atoms. The van der Waals surface area contributed by atoms with Crippen LogP contribution in [0.5, 0.6) is 0 Å². The highest BCUT2D eigenvalue weighted by Gasteiger charge is 2.32. The summed E-state index contributed by atoms with van der Waals surface area (Å²) in [7, 11) is 0. The number of rotatable bonds is 9. The van der Waals surface area contributed by atoms with Crippen LogP contribution in [-0.2, 0) is 0 Å². The van der Waals surface area contributed by atoms with E-state index in [9.17, 15) is 0 Å². The van der Waals surface area contributed by atoms with E-state index in [-0.39, 0.29) is 0 Å². The van der Waals surface area contributed by atoms with Crippen molar-refractivity contribution in [1.82, 2.24) is 0 Å². The van der Waals surface area contributed by atoms with Crippen molar-refractivity contribution in [1.29, 1.82) is 0 Å². The predicted octanol–water partition coefficient (Wildman–Crippen LogP) is 6.30. The Labute approximate surface area is 111 Å². The van der Waals surface area contributed by atoms with Crippen LogP contribution in [0, 0.1) is 23.2 Å². The van der Waals surface area contributed by atoms with Gasteiger partial charge in [-0.3, -0.25) is 0 Å². The van der Waals surface area contributed by atoms with Crippen LogP contribution in [0.4, 0.5) is 0 Å². The summed E-state index contributed by atoms with van der Waals surface area (Å²) in [6, 6.07) is 0. The fourth-order valence-corrected chi connectivity index (χ4v) is 3.36. The molecule has 0 rings (SSSR count). The van der Waals surface area contributed by atoms with E-state index in [0.717, 1.165) is 17.8 Å². The molecule has 0 amide bonds.